The van der Waals surface area contributed by atoms with E-state index in [1.165, 1.54) is 95.9 Å². The van der Waals surface area contributed by atoms with Crippen molar-refractivity contribution in [1.82, 2.24) is 0 Å². The first-order valence-electron chi connectivity index (χ1n) is 16.3. The molecule has 0 radical (unpaired) electrons. The zero-order chi connectivity index (χ0) is 29.4. The Hall–Kier alpha value is -2.08. The lowest BCUT2D eigenvalue weighted by Gasteiger charge is -2.62. The zero-order valence-corrected chi connectivity index (χ0v) is 27.4. The normalized spacial score (nSPS) is 30.9. The van der Waals surface area contributed by atoms with Gasteiger partial charge in [0.1, 0.15) is 0 Å². The second-order valence-corrected chi connectivity index (χ2v) is 15.5. The van der Waals surface area contributed by atoms with Gasteiger partial charge in [-0.05, 0) is 133 Å². The van der Waals surface area contributed by atoms with Crippen molar-refractivity contribution in [2.75, 3.05) is 0 Å². The monoisotopic (exact) mass is 536 g/mol. The largest absolute Gasteiger partial charge is 0.0955 e. The van der Waals surface area contributed by atoms with Crippen LogP contribution in [0.5, 0.6) is 0 Å². The molecule has 0 heterocycles. The number of benzene rings is 1. The van der Waals surface area contributed by atoms with Gasteiger partial charge in [0.05, 0.1) is 0 Å². The van der Waals surface area contributed by atoms with E-state index < -0.39 is 0 Å². The molecule has 0 spiro atoms. The topological polar surface area (TPSA) is 0 Å². The highest BCUT2D eigenvalue weighted by molar-refractivity contribution is 5.87. The summed E-state index contributed by atoms with van der Waals surface area (Å²) >= 11 is 0. The van der Waals surface area contributed by atoms with Gasteiger partial charge in [0, 0.05) is 5.41 Å². The van der Waals surface area contributed by atoms with Crippen LogP contribution >= 0.6 is 0 Å². The highest BCUT2D eigenvalue weighted by atomic mass is 14.6. The Morgan fingerprint density at radius 2 is 1.65 bits per heavy atom. The number of rotatable bonds is 5. The molecule has 40 heavy (non-hydrogen) atoms. The van der Waals surface area contributed by atoms with E-state index in [0.717, 1.165) is 24.3 Å². The molecule has 0 nitrogen and oxygen atoms in total. The SMILES string of the molecule is C=C(C)C1=C(C)C[C@@]2(C)C[C@@]3(C)Cc4c(C(C)C)cc(CCC5CCCCC5)c(C)c4C(=C)C3=C(C)[C@@]2(C)C1=C. The smallest absolute Gasteiger partial charge is 0.0194 e. The van der Waals surface area contributed by atoms with Crippen molar-refractivity contribution < 1.29 is 0 Å². The van der Waals surface area contributed by atoms with Crippen molar-refractivity contribution in [1.29, 1.82) is 0 Å². The number of hydrogen-bond acceptors (Lipinski definition) is 0. The number of aryl methyl sites for hydroxylation is 1. The van der Waals surface area contributed by atoms with Gasteiger partial charge in [-0.2, -0.15) is 0 Å². The minimum absolute atomic E-state index is 0.0867. The molecule has 1 aromatic rings. The molecule has 0 saturated heterocycles. The molecule has 4 aliphatic carbocycles. The highest BCUT2D eigenvalue weighted by Crippen LogP contribution is 2.70. The van der Waals surface area contributed by atoms with Gasteiger partial charge >= 0.3 is 0 Å². The molecule has 5 rings (SSSR count). The van der Waals surface area contributed by atoms with Gasteiger partial charge in [-0.15, -0.1) is 0 Å². The van der Waals surface area contributed by atoms with Gasteiger partial charge in [-0.3, -0.25) is 0 Å². The minimum atomic E-state index is -0.0938. The summed E-state index contributed by atoms with van der Waals surface area (Å²) in [7, 11) is 0. The first-order valence-corrected chi connectivity index (χ1v) is 16.3. The lowest BCUT2D eigenvalue weighted by molar-refractivity contribution is 0.0543. The zero-order valence-electron chi connectivity index (χ0n) is 27.4. The molecule has 216 valence electrons. The number of fused-ring (bicyclic) bond motifs is 3. The van der Waals surface area contributed by atoms with E-state index in [1.54, 1.807) is 16.7 Å². The first-order chi connectivity index (χ1) is 18.7. The Balaban J connectivity index is 1.66. The van der Waals surface area contributed by atoms with Crippen LogP contribution in [0.3, 0.4) is 0 Å². The summed E-state index contributed by atoms with van der Waals surface area (Å²) in [4.78, 5) is 0. The Morgan fingerprint density at radius 3 is 2.25 bits per heavy atom. The van der Waals surface area contributed by atoms with Crippen LogP contribution in [0.1, 0.15) is 140 Å². The van der Waals surface area contributed by atoms with E-state index >= 15 is 0 Å². The van der Waals surface area contributed by atoms with E-state index in [2.05, 4.69) is 75.0 Å². The summed E-state index contributed by atoms with van der Waals surface area (Å²) in [5, 5.41) is 0. The van der Waals surface area contributed by atoms with Crippen molar-refractivity contribution in [2.45, 2.75) is 132 Å². The van der Waals surface area contributed by atoms with E-state index in [4.69, 9.17) is 13.2 Å². The standard InChI is InChI=1S/C40H56/c1-24(2)33-20-32(19-18-31-16-14-13-15-17-31)27(6)36-28(7)37-30(9)40(12)29(8)35(25(3)4)26(5)21-39(40,11)23-38(37,10)22-34(33)36/h20,24,31H,3,7-8,13-19,21-23H2,1-2,4-6,9-12H3/t38-,39+,40-/m1/s1. The van der Waals surface area contributed by atoms with Crippen molar-refractivity contribution in [3.05, 3.63) is 87.1 Å². The number of hydrogen-bond donors (Lipinski definition) is 0. The van der Waals surface area contributed by atoms with Crippen LogP contribution in [0.2, 0.25) is 0 Å². The average molecular weight is 537 g/mol. The van der Waals surface area contributed by atoms with Crippen LogP contribution < -0.4 is 0 Å². The maximum absolute atomic E-state index is 4.96. The van der Waals surface area contributed by atoms with Crippen LogP contribution in [-0.2, 0) is 12.8 Å². The molecular weight excluding hydrogens is 480 g/mol. The van der Waals surface area contributed by atoms with Crippen LogP contribution in [-0.4, -0.2) is 0 Å². The van der Waals surface area contributed by atoms with Gasteiger partial charge in [0.15, 0.2) is 0 Å². The molecule has 1 saturated carbocycles. The van der Waals surface area contributed by atoms with Crippen molar-refractivity contribution in [2.24, 2.45) is 22.2 Å². The third kappa shape index (κ3) is 4.22. The maximum Gasteiger partial charge on any atom is 0.0194 e. The van der Waals surface area contributed by atoms with Gasteiger partial charge < -0.3 is 0 Å². The molecule has 0 aliphatic heterocycles. The van der Waals surface area contributed by atoms with E-state index in [1.807, 2.05) is 0 Å². The summed E-state index contributed by atoms with van der Waals surface area (Å²) in [6.07, 6.45) is 13.1. The van der Waals surface area contributed by atoms with Gasteiger partial charge in [0.25, 0.3) is 0 Å². The summed E-state index contributed by atoms with van der Waals surface area (Å²) in [5.41, 5.74) is 17.4. The van der Waals surface area contributed by atoms with Crippen LogP contribution in [0.25, 0.3) is 5.57 Å². The fourth-order valence-corrected chi connectivity index (χ4v) is 10.3. The predicted molar refractivity (Wildman–Crippen MR) is 176 cm³/mol. The Morgan fingerprint density at radius 1 is 1.00 bits per heavy atom. The molecule has 4 aliphatic rings. The summed E-state index contributed by atoms with van der Waals surface area (Å²) in [6.45, 7) is 35.8. The summed E-state index contributed by atoms with van der Waals surface area (Å²) < 4.78 is 0. The lowest BCUT2D eigenvalue weighted by atomic mass is 9.41. The second-order valence-electron chi connectivity index (χ2n) is 15.5. The van der Waals surface area contributed by atoms with Crippen molar-refractivity contribution in [3.63, 3.8) is 0 Å². The van der Waals surface area contributed by atoms with E-state index in [-0.39, 0.29) is 16.2 Å². The van der Waals surface area contributed by atoms with Gasteiger partial charge in [-0.25, -0.2) is 0 Å². The average Bonchev–Trinajstić information content (AvgIpc) is 2.85. The van der Waals surface area contributed by atoms with E-state index in [9.17, 15) is 0 Å². The third-order valence-electron chi connectivity index (χ3n) is 12.3. The molecular formula is C40H56. The fourth-order valence-electron chi connectivity index (χ4n) is 10.3. The van der Waals surface area contributed by atoms with Crippen LogP contribution in [0.15, 0.2) is 59.2 Å². The molecule has 0 bridgehead atoms. The van der Waals surface area contributed by atoms with Crippen LogP contribution in [0, 0.1) is 29.1 Å². The Labute approximate surface area is 246 Å². The maximum atomic E-state index is 4.96. The second kappa shape index (κ2) is 10.0. The van der Waals surface area contributed by atoms with Crippen molar-refractivity contribution in [3.8, 4) is 0 Å². The van der Waals surface area contributed by atoms with Crippen molar-refractivity contribution >= 4 is 5.57 Å². The quantitative estimate of drug-likeness (QED) is 0.351. The molecule has 0 N–H and O–H groups in total. The molecule has 0 aromatic heterocycles. The lowest BCUT2D eigenvalue weighted by Crippen LogP contribution is -2.52. The molecule has 3 atom stereocenters. The van der Waals surface area contributed by atoms with E-state index in [0.29, 0.717) is 5.92 Å². The molecule has 1 aromatic carbocycles. The molecule has 0 unspecified atom stereocenters. The minimum Gasteiger partial charge on any atom is -0.0955 e. The molecule has 1 fully saturated rings. The summed E-state index contributed by atoms with van der Waals surface area (Å²) in [5.74, 6) is 1.43. The molecule has 0 heteroatoms. The predicted octanol–water partition coefficient (Wildman–Crippen LogP) is 11.8. The highest BCUT2D eigenvalue weighted by Gasteiger charge is 2.59. The molecule has 0 amide bonds. The summed E-state index contributed by atoms with van der Waals surface area (Å²) in [6, 6.07) is 2.61. The Kier molecular flexibility index (Phi) is 7.37. The van der Waals surface area contributed by atoms with Gasteiger partial charge in [0.2, 0.25) is 0 Å². The third-order valence-corrected chi connectivity index (χ3v) is 12.3. The Bertz CT molecular complexity index is 1350. The van der Waals surface area contributed by atoms with Crippen LogP contribution in [0.4, 0.5) is 0 Å². The first kappa shape index (κ1) is 29.4. The number of allylic oxidation sites excluding steroid dienone is 7. The fraction of sp³-hybridized carbons (Fsp3) is 0.600. The van der Waals surface area contributed by atoms with Gasteiger partial charge in [-0.1, -0.05) is 109 Å².